The molecule has 148 valence electrons. The number of benzene rings is 2. The molecule has 5 nitrogen and oxygen atoms in total. The van der Waals surface area contributed by atoms with E-state index in [0.717, 1.165) is 16.8 Å². The highest BCUT2D eigenvalue weighted by Crippen LogP contribution is 2.30. The van der Waals surface area contributed by atoms with E-state index in [0.29, 0.717) is 22.1 Å². The first-order valence-corrected chi connectivity index (χ1v) is 9.97. The van der Waals surface area contributed by atoms with Crippen LogP contribution in [0, 0.1) is 13.8 Å². The van der Waals surface area contributed by atoms with Crippen LogP contribution in [0.4, 0.5) is 10.8 Å². The summed E-state index contributed by atoms with van der Waals surface area (Å²) in [4.78, 5) is 30.7. The first kappa shape index (κ1) is 20.5. The van der Waals surface area contributed by atoms with E-state index in [4.69, 9.17) is 4.74 Å². The highest BCUT2D eigenvalue weighted by molar-refractivity contribution is 7.14. The third-order valence-corrected chi connectivity index (χ3v) is 5.39. The number of thiazole rings is 1. The van der Waals surface area contributed by atoms with Crippen LogP contribution in [0.2, 0.25) is 0 Å². The van der Waals surface area contributed by atoms with Crippen molar-refractivity contribution in [3.8, 4) is 5.75 Å². The predicted octanol–water partition coefficient (Wildman–Crippen LogP) is 5.35. The van der Waals surface area contributed by atoms with Gasteiger partial charge in [0.05, 0.1) is 18.5 Å². The number of nitrogens with zero attached hydrogens (tertiary/aromatic N) is 2. The molecule has 0 aliphatic carbocycles. The normalized spacial score (nSPS) is 10.9. The smallest absolute Gasteiger partial charge is 0.230 e. The van der Waals surface area contributed by atoms with Crippen LogP contribution in [0.15, 0.2) is 53.9 Å². The molecule has 1 heterocycles. The molecule has 0 atom stereocenters. The lowest BCUT2D eigenvalue weighted by Gasteiger charge is -2.19. The van der Waals surface area contributed by atoms with Crippen LogP contribution >= 0.6 is 11.3 Å². The number of amides is 1. The fourth-order valence-corrected chi connectivity index (χ4v) is 3.61. The van der Waals surface area contributed by atoms with Gasteiger partial charge in [0.1, 0.15) is 5.75 Å². The molecule has 0 fully saturated rings. The van der Waals surface area contributed by atoms with E-state index in [-0.39, 0.29) is 11.7 Å². The number of carbonyl (C=O) groups excluding carboxylic acids is 2. The highest BCUT2D eigenvalue weighted by atomic mass is 32.1. The Labute approximate surface area is 174 Å². The largest absolute Gasteiger partial charge is 0.497 e. The number of hydrogen-bond donors (Lipinski definition) is 0. The second kappa shape index (κ2) is 8.84. The average Bonchev–Trinajstić information content (AvgIpc) is 3.17. The lowest BCUT2D eigenvalue weighted by atomic mass is 10.1. The number of rotatable bonds is 6. The van der Waals surface area contributed by atoms with Crippen LogP contribution in [-0.4, -0.2) is 23.8 Å². The van der Waals surface area contributed by atoms with Crippen molar-refractivity contribution in [1.29, 1.82) is 0 Å². The summed E-state index contributed by atoms with van der Waals surface area (Å²) in [6.07, 6.45) is 3.14. The maximum Gasteiger partial charge on any atom is 0.230 e. The molecular weight excluding hydrogens is 384 g/mol. The number of aryl methyl sites for hydroxylation is 2. The van der Waals surface area contributed by atoms with Gasteiger partial charge < -0.3 is 4.74 Å². The molecule has 0 saturated carbocycles. The van der Waals surface area contributed by atoms with Crippen LogP contribution in [0.5, 0.6) is 5.75 Å². The van der Waals surface area contributed by atoms with E-state index < -0.39 is 0 Å². The number of ether oxygens (including phenoxy) is 1. The maximum atomic E-state index is 12.3. The van der Waals surface area contributed by atoms with E-state index in [1.165, 1.54) is 24.3 Å². The van der Waals surface area contributed by atoms with Gasteiger partial charge in [0, 0.05) is 17.9 Å². The molecule has 3 rings (SSSR count). The monoisotopic (exact) mass is 406 g/mol. The van der Waals surface area contributed by atoms with Gasteiger partial charge >= 0.3 is 0 Å². The summed E-state index contributed by atoms with van der Waals surface area (Å²) < 4.78 is 5.10. The Morgan fingerprint density at radius 3 is 2.41 bits per heavy atom. The second-order valence-corrected chi connectivity index (χ2v) is 7.44. The van der Waals surface area contributed by atoms with Crippen molar-refractivity contribution >= 4 is 39.9 Å². The van der Waals surface area contributed by atoms with Gasteiger partial charge in [-0.1, -0.05) is 6.07 Å². The van der Waals surface area contributed by atoms with Gasteiger partial charge in [-0.2, -0.15) is 0 Å². The molecule has 1 aromatic heterocycles. The van der Waals surface area contributed by atoms with Gasteiger partial charge in [-0.25, -0.2) is 4.98 Å². The number of anilines is 2. The molecule has 0 aliphatic rings. The number of carbonyl (C=O) groups is 2. The fourth-order valence-electron chi connectivity index (χ4n) is 2.76. The zero-order valence-electron chi connectivity index (χ0n) is 16.8. The van der Waals surface area contributed by atoms with Gasteiger partial charge in [-0.05, 0) is 73.5 Å². The SMILES string of the molecule is COc1ccc(C(=O)/C=C/c2csc(N(C(C)=O)c3ccc(C)c(C)c3)n2)cc1. The summed E-state index contributed by atoms with van der Waals surface area (Å²) in [5.41, 5.74) is 4.24. The van der Waals surface area contributed by atoms with E-state index in [1.807, 2.05) is 37.4 Å². The third kappa shape index (κ3) is 4.78. The highest BCUT2D eigenvalue weighted by Gasteiger charge is 2.18. The summed E-state index contributed by atoms with van der Waals surface area (Å²) in [6.45, 7) is 5.56. The standard InChI is InChI=1S/C23H22N2O3S/c1-15-5-9-20(13-16(15)2)25(17(3)26)23-24-19(14-29-23)8-12-22(27)18-6-10-21(28-4)11-7-18/h5-14H,1-4H3/b12-8+. The molecule has 0 N–H and O–H groups in total. The lowest BCUT2D eigenvalue weighted by molar-refractivity contribution is -0.115. The van der Waals surface area contributed by atoms with Crippen molar-refractivity contribution in [3.05, 3.63) is 76.3 Å². The molecule has 0 aliphatic heterocycles. The van der Waals surface area contributed by atoms with Gasteiger partial charge in [-0.15, -0.1) is 11.3 Å². The first-order valence-electron chi connectivity index (χ1n) is 9.09. The zero-order valence-corrected chi connectivity index (χ0v) is 17.6. The van der Waals surface area contributed by atoms with E-state index in [1.54, 1.807) is 42.4 Å². The van der Waals surface area contributed by atoms with Crippen LogP contribution in [0.3, 0.4) is 0 Å². The van der Waals surface area contributed by atoms with Crippen molar-refractivity contribution in [3.63, 3.8) is 0 Å². The number of hydrogen-bond acceptors (Lipinski definition) is 5. The summed E-state index contributed by atoms with van der Waals surface area (Å²) >= 11 is 1.36. The molecule has 0 saturated heterocycles. The van der Waals surface area contributed by atoms with Crippen molar-refractivity contribution in [2.24, 2.45) is 0 Å². The minimum atomic E-state index is -0.125. The third-order valence-electron chi connectivity index (χ3n) is 4.54. The van der Waals surface area contributed by atoms with E-state index in [2.05, 4.69) is 4.98 Å². The van der Waals surface area contributed by atoms with Gasteiger partial charge in [0.15, 0.2) is 10.9 Å². The molecule has 6 heteroatoms. The van der Waals surface area contributed by atoms with Crippen molar-refractivity contribution in [1.82, 2.24) is 4.98 Å². The van der Waals surface area contributed by atoms with Crippen LogP contribution in [0.1, 0.15) is 34.1 Å². The van der Waals surface area contributed by atoms with Gasteiger partial charge in [0.25, 0.3) is 0 Å². The molecule has 0 radical (unpaired) electrons. The fraction of sp³-hybridized carbons (Fsp3) is 0.174. The molecule has 0 bridgehead atoms. The van der Waals surface area contributed by atoms with Gasteiger partial charge in [0.2, 0.25) is 5.91 Å². The average molecular weight is 407 g/mol. The summed E-state index contributed by atoms with van der Waals surface area (Å²) in [5, 5.41) is 2.39. The van der Waals surface area contributed by atoms with Crippen LogP contribution < -0.4 is 9.64 Å². The molecule has 0 spiro atoms. The molecule has 2 aromatic carbocycles. The van der Waals surface area contributed by atoms with Gasteiger partial charge in [-0.3, -0.25) is 14.5 Å². The molecule has 1 amide bonds. The van der Waals surface area contributed by atoms with Crippen LogP contribution in [-0.2, 0) is 4.79 Å². The van der Waals surface area contributed by atoms with E-state index >= 15 is 0 Å². The maximum absolute atomic E-state index is 12.3. The topological polar surface area (TPSA) is 59.5 Å². The Balaban J connectivity index is 1.80. The second-order valence-electron chi connectivity index (χ2n) is 6.60. The summed E-state index contributed by atoms with van der Waals surface area (Å²) in [6, 6.07) is 12.8. The molecule has 29 heavy (non-hydrogen) atoms. The zero-order chi connectivity index (χ0) is 21.0. The number of allylic oxidation sites excluding steroid dienone is 1. The van der Waals surface area contributed by atoms with E-state index in [9.17, 15) is 9.59 Å². The summed E-state index contributed by atoms with van der Waals surface area (Å²) in [5.74, 6) is 0.456. The van der Waals surface area contributed by atoms with Crippen molar-refractivity contribution in [2.45, 2.75) is 20.8 Å². The Kier molecular flexibility index (Phi) is 6.24. The van der Waals surface area contributed by atoms with Crippen molar-refractivity contribution < 1.29 is 14.3 Å². The predicted molar refractivity (Wildman–Crippen MR) is 117 cm³/mol. The number of methoxy groups -OCH3 is 1. The first-order chi connectivity index (χ1) is 13.9. The molecule has 3 aromatic rings. The Morgan fingerprint density at radius 2 is 1.79 bits per heavy atom. The Hall–Kier alpha value is -3.25. The number of ketones is 1. The molecule has 0 unspecified atom stereocenters. The minimum absolute atomic E-state index is 0.118. The number of aromatic nitrogens is 1. The Bertz CT molecular complexity index is 1070. The lowest BCUT2D eigenvalue weighted by Crippen LogP contribution is -2.22. The minimum Gasteiger partial charge on any atom is -0.497 e. The summed E-state index contributed by atoms with van der Waals surface area (Å²) in [7, 11) is 1.58. The van der Waals surface area contributed by atoms with Crippen molar-refractivity contribution in [2.75, 3.05) is 12.0 Å². The quantitative estimate of drug-likeness (QED) is 0.409. The Morgan fingerprint density at radius 1 is 1.07 bits per heavy atom. The van der Waals surface area contributed by atoms with Crippen LogP contribution in [0.25, 0.3) is 6.08 Å². The molecular formula is C23H22N2O3S.